The average Bonchev–Trinajstić information content (AvgIpc) is 2.45. The van der Waals surface area contributed by atoms with Crippen molar-refractivity contribution in [2.75, 3.05) is 5.32 Å². The fraction of sp³-hybridized carbons (Fsp3) is 0. The van der Waals surface area contributed by atoms with E-state index in [9.17, 15) is 9.59 Å². The van der Waals surface area contributed by atoms with Gasteiger partial charge in [-0.1, -0.05) is 15.9 Å². The molecule has 0 aromatic heterocycles. The van der Waals surface area contributed by atoms with E-state index in [1.165, 1.54) is 0 Å². The summed E-state index contributed by atoms with van der Waals surface area (Å²) in [5.41, 5.74) is 1.03. The number of anilines is 1. The first kappa shape index (κ1) is 10.3. The molecule has 0 saturated carbocycles. The van der Waals surface area contributed by atoms with E-state index in [1.807, 2.05) is 0 Å². The summed E-state index contributed by atoms with van der Waals surface area (Å²) >= 11 is 3.24. The molecule has 1 aliphatic rings. The number of halogens is 1. The topological polar surface area (TPSA) is 93.8 Å². The second kappa shape index (κ2) is 3.98. The van der Waals surface area contributed by atoms with Gasteiger partial charge in [-0.2, -0.15) is 0 Å². The minimum atomic E-state index is -0.553. The summed E-state index contributed by atoms with van der Waals surface area (Å²) in [5.74, 6) is -1.01. The van der Waals surface area contributed by atoms with Crippen molar-refractivity contribution in [3.63, 3.8) is 0 Å². The first-order valence-corrected chi connectivity index (χ1v) is 4.33. The lowest BCUT2D eigenvalue weighted by Gasteiger charge is -1.95. The molecule has 70 valence electrons. The molecule has 0 unspecified atom stereocenters. The molecular weight excluding hydrogens is 250 g/mol. The number of benzene rings is 1. The Morgan fingerprint density at radius 3 is 2.50 bits per heavy atom. The van der Waals surface area contributed by atoms with Gasteiger partial charge in [-0.15, -0.1) is 0 Å². The number of hydrogen-bond donors (Lipinski definition) is 1. The molecule has 0 aliphatic carbocycles. The minimum Gasteiger partial charge on any atom is -0.318 e. The van der Waals surface area contributed by atoms with Gasteiger partial charge in [0.05, 0.1) is 11.3 Å². The van der Waals surface area contributed by atoms with Crippen LogP contribution in [0.4, 0.5) is 5.69 Å². The van der Waals surface area contributed by atoms with Crippen LogP contribution in [0.1, 0.15) is 10.4 Å². The Labute approximate surface area is 87.7 Å². The van der Waals surface area contributed by atoms with Gasteiger partial charge in [0.15, 0.2) is 0 Å². The molecule has 1 N–H and O–H groups in total. The van der Waals surface area contributed by atoms with Crippen LogP contribution in [0.25, 0.3) is 0 Å². The van der Waals surface area contributed by atoms with Crippen molar-refractivity contribution < 1.29 is 9.59 Å². The monoisotopic (exact) mass is 253 g/mol. The summed E-state index contributed by atoms with van der Waals surface area (Å²) in [6.45, 7) is 0. The highest BCUT2D eigenvalue weighted by Crippen LogP contribution is 2.26. The smallest absolute Gasteiger partial charge is 0.296 e. The summed E-state index contributed by atoms with van der Waals surface area (Å²) in [6.07, 6.45) is 0. The first-order valence-electron chi connectivity index (χ1n) is 3.54. The number of fused-ring (bicyclic) bond motifs is 1. The van der Waals surface area contributed by atoms with Crippen LogP contribution in [-0.4, -0.2) is 11.7 Å². The molecule has 5 nitrogen and oxygen atoms in total. The van der Waals surface area contributed by atoms with Crippen molar-refractivity contribution in [3.05, 3.63) is 28.2 Å². The van der Waals surface area contributed by atoms with Gasteiger partial charge in [0.2, 0.25) is 0 Å². The maximum Gasteiger partial charge on any atom is 0.296 e. The number of ketones is 1. The van der Waals surface area contributed by atoms with Gasteiger partial charge in [-0.05, 0) is 18.2 Å². The van der Waals surface area contributed by atoms with Crippen LogP contribution in [0.2, 0.25) is 0 Å². The Balaban J connectivity index is 0.000000461. The van der Waals surface area contributed by atoms with Crippen molar-refractivity contribution in [2.45, 2.75) is 0 Å². The molecule has 1 amide bonds. The van der Waals surface area contributed by atoms with E-state index >= 15 is 0 Å². The summed E-state index contributed by atoms with van der Waals surface area (Å²) in [7, 11) is 0. The molecule has 0 radical (unpaired) electrons. The van der Waals surface area contributed by atoms with Crippen LogP contribution in [0.3, 0.4) is 0 Å². The molecule has 0 atom stereocenters. The van der Waals surface area contributed by atoms with Crippen LogP contribution in [0.15, 0.2) is 22.7 Å². The molecule has 1 aromatic rings. The lowest BCUT2D eigenvalue weighted by molar-refractivity contribution is -0.112. The highest BCUT2D eigenvalue weighted by molar-refractivity contribution is 9.10. The zero-order chi connectivity index (χ0) is 10.7. The van der Waals surface area contributed by atoms with Crippen LogP contribution in [0, 0.1) is 10.8 Å². The molecule has 1 aromatic carbocycles. The summed E-state index contributed by atoms with van der Waals surface area (Å²) in [6, 6.07) is 5.06. The van der Waals surface area contributed by atoms with Crippen molar-refractivity contribution in [3.8, 4) is 0 Å². The fourth-order valence-corrected chi connectivity index (χ4v) is 1.48. The average molecular weight is 254 g/mol. The van der Waals surface area contributed by atoms with Gasteiger partial charge in [-0.3, -0.25) is 9.59 Å². The van der Waals surface area contributed by atoms with E-state index in [1.54, 1.807) is 18.2 Å². The summed E-state index contributed by atoms with van der Waals surface area (Å²) < 4.78 is 0.844. The van der Waals surface area contributed by atoms with Crippen LogP contribution < -0.4 is 5.32 Å². The second-order valence-corrected chi connectivity index (χ2v) is 3.39. The Hall–Kier alpha value is -1.74. The van der Waals surface area contributed by atoms with E-state index in [4.69, 9.17) is 10.8 Å². The van der Waals surface area contributed by atoms with Gasteiger partial charge in [0.1, 0.15) is 0 Å². The maximum absolute atomic E-state index is 11.1. The molecule has 2 rings (SSSR count). The quantitative estimate of drug-likeness (QED) is 0.562. The molecule has 1 heterocycles. The number of Topliss-reactive ketones (excluding diaryl/α,β-unsaturated/α-hetero) is 1. The van der Waals surface area contributed by atoms with Gasteiger partial charge in [0.25, 0.3) is 11.7 Å². The number of amides is 1. The normalized spacial score (nSPS) is 12.5. The number of rotatable bonds is 0. The molecule has 0 bridgehead atoms. The molecule has 1 aliphatic heterocycles. The van der Waals surface area contributed by atoms with Crippen molar-refractivity contribution >= 4 is 33.3 Å². The van der Waals surface area contributed by atoms with E-state index in [0.717, 1.165) is 4.47 Å². The standard InChI is InChI=1S/C8H4BrNO2.N2/c9-4-1-2-5-6(3-4)10-8(12)7(5)11;1-2/h1-3H,(H,10,11,12);. The Kier molecular flexibility index (Phi) is 2.94. The number of nitrogens with one attached hydrogen (secondary N) is 1. The van der Waals surface area contributed by atoms with E-state index < -0.39 is 11.7 Å². The minimum absolute atomic E-state index is 0.447. The number of nitrogens with zero attached hydrogens (tertiary/aromatic N) is 2. The highest BCUT2D eigenvalue weighted by Gasteiger charge is 2.27. The third kappa shape index (κ3) is 1.63. The lowest BCUT2D eigenvalue weighted by atomic mass is 10.1. The maximum atomic E-state index is 11.1. The van der Waals surface area contributed by atoms with Crippen molar-refractivity contribution in [1.29, 1.82) is 10.8 Å². The van der Waals surface area contributed by atoms with Gasteiger partial charge in [0, 0.05) is 15.3 Å². The number of carbonyl (C=O) groups is 2. The molecule has 14 heavy (non-hydrogen) atoms. The fourth-order valence-electron chi connectivity index (χ4n) is 1.12. The van der Waals surface area contributed by atoms with E-state index in [0.29, 0.717) is 11.3 Å². The predicted molar refractivity (Wildman–Crippen MR) is 50.6 cm³/mol. The largest absolute Gasteiger partial charge is 0.318 e. The molecule has 0 fully saturated rings. The lowest BCUT2D eigenvalue weighted by Crippen LogP contribution is -2.12. The summed E-state index contributed by atoms with van der Waals surface area (Å²) in [5, 5.41) is 14.5. The van der Waals surface area contributed by atoms with Gasteiger partial charge >= 0.3 is 0 Å². The Morgan fingerprint density at radius 2 is 1.86 bits per heavy atom. The zero-order valence-corrected chi connectivity index (χ0v) is 8.41. The Morgan fingerprint density at radius 1 is 1.21 bits per heavy atom. The van der Waals surface area contributed by atoms with Crippen LogP contribution >= 0.6 is 15.9 Å². The SMILES string of the molecule is N#N.O=C1Nc2cc(Br)ccc2C1=O. The number of hydrogen-bond acceptors (Lipinski definition) is 4. The summed E-state index contributed by atoms with van der Waals surface area (Å²) in [4.78, 5) is 21.9. The zero-order valence-electron chi connectivity index (χ0n) is 6.82. The van der Waals surface area contributed by atoms with Crippen LogP contribution in [-0.2, 0) is 4.79 Å². The third-order valence-electron chi connectivity index (χ3n) is 1.68. The Bertz CT molecular complexity index is 428. The highest BCUT2D eigenvalue weighted by atomic mass is 79.9. The number of carbonyl (C=O) groups excluding carboxylic acids is 2. The molecular formula is C8H4BrN3O2. The molecule has 6 heteroatoms. The van der Waals surface area contributed by atoms with Crippen LogP contribution in [0.5, 0.6) is 0 Å². The van der Waals surface area contributed by atoms with E-state index in [-0.39, 0.29) is 0 Å². The second-order valence-electron chi connectivity index (χ2n) is 2.47. The van der Waals surface area contributed by atoms with Gasteiger partial charge in [-0.25, -0.2) is 0 Å². The van der Waals surface area contributed by atoms with Crippen molar-refractivity contribution in [2.24, 2.45) is 0 Å². The molecule has 0 saturated heterocycles. The third-order valence-corrected chi connectivity index (χ3v) is 2.17. The van der Waals surface area contributed by atoms with Gasteiger partial charge < -0.3 is 5.32 Å². The first-order chi connectivity index (χ1) is 6.68. The van der Waals surface area contributed by atoms with Crippen molar-refractivity contribution in [1.82, 2.24) is 0 Å². The van der Waals surface area contributed by atoms with E-state index in [2.05, 4.69) is 21.2 Å². The predicted octanol–water partition coefficient (Wildman–Crippen LogP) is 1.61. The molecule has 0 spiro atoms.